The van der Waals surface area contributed by atoms with Gasteiger partial charge in [0.2, 0.25) is 0 Å². The van der Waals surface area contributed by atoms with Gasteiger partial charge < -0.3 is 10.4 Å². The van der Waals surface area contributed by atoms with Crippen molar-refractivity contribution in [2.75, 3.05) is 5.32 Å². The first-order valence-electron chi connectivity index (χ1n) is 8.30. The molecule has 0 bridgehead atoms. The van der Waals surface area contributed by atoms with E-state index in [1.54, 1.807) is 60.7 Å². The first kappa shape index (κ1) is 17.6. The number of Topliss-reactive ketones (excluding diaryl/α,β-unsaturated/α-hetero) is 1. The van der Waals surface area contributed by atoms with Crippen LogP contribution in [-0.4, -0.2) is 16.8 Å². The zero-order chi connectivity index (χ0) is 18.5. The minimum atomic E-state index is -1.32. The molecule has 3 aromatic carbocycles. The van der Waals surface area contributed by atoms with E-state index in [0.29, 0.717) is 11.3 Å². The molecule has 3 aromatic rings. The van der Waals surface area contributed by atoms with Gasteiger partial charge in [-0.15, -0.1) is 0 Å². The number of ketones is 1. The van der Waals surface area contributed by atoms with Crippen molar-refractivity contribution in [1.29, 1.82) is 0 Å². The maximum absolute atomic E-state index is 12.7. The van der Waals surface area contributed by atoms with E-state index in [9.17, 15) is 14.7 Å². The van der Waals surface area contributed by atoms with Crippen molar-refractivity contribution in [2.24, 2.45) is 0 Å². The van der Waals surface area contributed by atoms with Crippen molar-refractivity contribution in [2.45, 2.75) is 13.0 Å². The minimum Gasteiger partial charge on any atom is -0.380 e. The maximum Gasteiger partial charge on any atom is 0.256 e. The molecule has 0 aromatic heterocycles. The molecule has 0 fully saturated rings. The van der Waals surface area contributed by atoms with Crippen molar-refractivity contribution in [1.82, 2.24) is 0 Å². The van der Waals surface area contributed by atoms with Gasteiger partial charge in [-0.05, 0) is 30.7 Å². The topological polar surface area (TPSA) is 66.4 Å². The summed E-state index contributed by atoms with van der Waals surface area (Å²) in [4.78, 5) is 25.4. The second-order valence-corrected chi connectivity index (χ2v) is 6.04. The second kappa shape index (κ2) is 7.76. The Morgan fingerprint density at radius 1 is 0.808 bits per heavy atom. The fourth-order valence-corrected chi connectivity index (χ4v) is 2.67. The summed E-state index contributed by atoms with van der Waals surface area (Å²) in [6.45, 7) is 1.96. The summed E-state index contributed by atoms with van der Waals surface area (Å²) in [6.07, 6.45) is -1.32. The number of aliphatic hydroxyl groups excluding tert-OH is 1. The third-order valence-electron chi connectivity index (χ3n) is 4.11. The molecule has 4 nitrogen and oxygen atoms in total. The number of rotatable bonds is 5. The van der Waals surface area contributed by atoms with Gasteiger partial charge in [-0.1, -0.05) is 66.2 Å². The maximum atomic E-state index is 12.7. The molecular formula is C22H19NO3. The van der Waals surface area contributed by atoms with Gasteiger partial charge in [0.05, 0.1) is 5.56 Å². The Bertz CT molecular complexity index is 918. The first-order valence-corrected chi connectivity index (χ1v) is 8.30. The van der Waals surface area contributed by atoms with Crippen LogP contribution in [0.1, 0.15) is 37.9 Å². The quantitative estimate of drug-likeness (QED) is 0.682. The summed E-state index contributed by atoms with van der Waals surface area (Å²) in [6, 6.07) is 22.6. The van der Waals surface area contributed by atoms with E-state index >= 15 is 0 Å². The average molecular weight is 345 g/mol. The zero-order valence-corrected chi connectivity index (χ0v) is 14.3. The van der Waals surface area contributed by atoms with E-state index in [0.717, 1.165) is 5.56 Å². The molecule has 130 valence electrons. The molecule has 3 rings (SSSR count). The SMILES string of the molecule is Cc1ccc(NC(=O)c2ccccc2C(=O)C(O)c2ccccc2)cc1. The van der Waals surface area contributed by atoms with Crippen molar-refractivity contribution in [3.8, 4) is 0 Å². The van der Waals surface area contributed by atoms with Crippen LogP contribution in [0.2, 0.25) is 0 Å². The average Bonchev–Trinajstić information content (AvgIpc) is 2.69. The van der Waals surface area contributed by atoms with Crippen LogP contribution in [0.15, 0.2) is 78.9 Å². The number of amides is 1. The fraction of sp³-hybridized carbons (Fsp3) is 0.0909. The van der Waals surface area contributed by atoms with Gasteiger partial charge in [0.15, 0.2) is 5.78 Å². The number of aryl methyl sites for hydroxylation is 1. The van der Waals surface area contributed by atoms with Crippen molar-refractivity contribution >= 4 is 17.4 Å². The third kappa shape index (κ3) is 3.87. The molecule has 0 spiro atoms. The molecule has 0 saturated carbocycles. The third-order valence-corrected chi connectivity index (χ3v) is 4.11. The summed E-state index contributed by atoms with van der Waals surface area (Å²) in [5.41, 5.74) is 2.64. The van der Waals surface area contributed by atoms with Gasteiger partial charge in [0.25, 0.3) is 5.91 Å². The monoisotopic (exact) mass is 345 g/mol. The molecule has 0 aliphatic heterocycles. The van der Waals surface area contributed by atoms with Gasteiger partial charge in [0.1, 0.15) is 6.10 Å². The molecule has 1 unspecified atom stereocenters. The molecule has 26 heavy (non-hydrogen) atoms. The summed E-state index contributed by atoms with van der Waals surface area (Å²) in [5.74, 6) is -0.899. The standard InChI is InChI=1S/C22H19NO3/c1-15-11-13-17(14-12-15)23-22(26)19-10-6-5-9-18(19)21(25)20(24)16-7-3-2-4-8-16/h2-14,20,24H,1H3,(H,23,26). The molecule has 0 heterocycles. The molecule has 1 amide bonds. The lowest BCUT2D eigenvalue weighted by Crippen LogP contribution is -2.20. The highest BCUT2D eigenvalue weighted by Crippen LogP contribution is 2.21. The molecule has 0 radical (unpaired) electrons. The Morgan fingerprint density at radius 3 is 2.04 bits per heavy atom. The van der Waals surface area contributed by atoms with Crippen LogP contribution in [-0.2, 0) is 0 Å². The molecule has 1 atom stereocenters. The normalized spacial score (nSPS) is 11.6. The fourth-order valence-electron chi connectivity index (χ4n) is 2.67. The highest BCUT2D eigenvalue weighted by atomic mass is 16.3. The Hall–Kier alpha value is -3.24. The largest absolute Gasteiger partial charge is 0.380 e. The smallest absolute Gasteiger partial charge is 0.256 e. The first-order chi connectivity index (χ1) is 12.6. The second-order valence-electron chi connectivity index (χ2n) is 6.04. The minimum absolute atomic E-state index is 0.188. The predicted octanol–water partition coefficient (Wildman–Crippen LogP) is 4.16. The molecule has 0 aliphatic carbocycles. The number of carbonyl (C=O) groups excluding carboxylic acids is 2. The van der Waals surface area contributed by atoms with Crippen LogP contribution >= 0.6 is 0 Å². The Kier molecular flexibility index (Phi) is 5.25. The van der Waals surface area contributed by atoms with Gasteiger partial charge in [0, 0.05) is 11.3 Å². The van der Waals surface area contributed by atoms with Crippen LogP contribution in [0.3, 0.4) is 0 Å². The summed E-state index contributed by atoms with van der Waals surface area (Å²) < 4.78 is 0. The van der Waals surface area contributed by atoms with Gasteiger partial charge >= 0.3 is 0 Å². The van der Waals surface area contributed by atoms with Crippen molar-refractivity contribution in [3.05, 3.63) is 101 Å². The number of anilines is 1. The summed E-state index contributed by atoms with van der Waals surface area (Å²) in [7, 11) is 0. The van der Waals surface area contributed by atoms with Gasteiger partial charge in [-0.25, -0.2) is 0 Å². The van der Waals surface area contributed by atoms with Crippen LogP contribution in [0, 0.1) is 6.92 Å². The summed E-state index contributed by atoms with van der Waals surface area (Å²) >= 11 is 0. The van der Waals surface area contributed by atoms with Crippen LogP contribution < -0.4 is 5.32 Å². The van der Waals surface area contributed by atoms with E-state index in [1.807, 2.05) is 25.1 Å². The van der Waals surface area contributed by atoms with E-state index in [4.69, 9.17) is 0 Å². The number of aliphatic hydroxyl groups is 1. The molecule has 0 saturated heterocycles. The lowest BCUT2D eigenvalue weighted by molar-refractivity contribution is 0.0743. The van der Waals surface area contributed by atoms with E-state index in [1.165, 1.54) is 0 Å². The van der Waals surface area contributed by atoms with Crippen LogP contribution in [0.25, 0.3) is 0 Å². The molecular weight excluding hydrogens is 326 g/mol. The number of carbonyl (C=O) groups is 2. The Labute approximate surface area is 152 Å². The lowest BCUT2D eigenvalue weighted by atomic mass is 9.96. The highest BCUT2D eigenvalue weighted by Gasteiger charge is 2.23. The zero-order valence-electron chi connectivity index (χ0n) is 14.3. The lowest BCUT2D eigenvalue weighted by Gasteiger charge is -2.13. The molecule has 0 aliphatic rings. The summed E-state index contributed by atoms with van der Waals surface area (Å²) in [5, 5.41) is 13.2. The van der Waals surface area contributed by atoms with Crippen molar-refractivity contribution < 1.29 is 14.7 Å². The van der Waals surface area contributed by atoms with E-state index < -0.39 is 17.8 Å². The van der Waals surface area contributed by atoms with Crippen LogP contribution in [0.5, 0.6) is 0 Å². The number of hydrogen-bond donors (Lipinski definition) is 2. The molecule has 4 heteroatoms. The number of benzene rings is 3. The van der Waals surface area contributed by atoms with Crippen molar-refractivity contribution in [3.63, 3.8) is 0 Å². The Balaban J connectivity index is 1.86. The number of nitrogens with one attached hydrogen (secondary N) is 1. The molecule has 2 N–H and O–H groups in total. The van der Waals surface area contributed by atoms with Gasteiger partial charge in [-0.3, -0.25) is 9.59 Å². The Morgan fingerprint density at radius 2 is 1.38 bits per heavy atom. The van der Waals surface area contributed by atoms with E-state index in [-0.39, 0.29) is 11.1 Å². The number of hydrogen-bond acceptors (Lipinski definition) is 3. The van der Waals surface area contributed by atoms with E-state index in [2.05, 4.69) is 5.32 Å². The van der Waals surface area contributed by atoms with Gasteiger partial charge in [-0.2, -0.15) is 0 Å². The highest BCUT2D eigenvalue weighted by molar-refractivity contribution is 6.13. The van der Waals surface area contributed by atoms with Crippen LogP contribution in [0.4, 0.5) is 5.69 Å². The predicted molar refractivity (Wildman–Crippen MR) is 101 cm³/mol.